The van der Waals surface area contributed by atoms with Gasteiger partial charge in [-0.05, 0) is 42.7 Å². The number of nitrogens with zero attached hydrogens (tertiary/aromatic N) is 4. The first-order valence-electron chi connectivity index (χ1n) is 8.02. The van der Waals surface area contributed by atoms with Crippen molar-refractivity contribution in [1.82, 2.24) is 19.3 Å². The van der Waals surface area contributed by atoms with E-state index >= 15 is 0 Å². The van der Waals surface area contributed by atoms with Crippen LogP contribution in [-0.2, 0) is 17.8 Å². The molecule has 1 fully saturated rings. The molecule has 0 radical (unpaired) electrons. The summed E-state index contributed by atoms with van der Waals surface area (Å²) >= 11 is -1.93. The zero-order chi connectivity index (χ0) is 17.4. The molecule has 25 heavy (non-hydrogen) atoms. The van der Waals surface area contributed by atoms with Gasteiger partial charge in [-0.25, -0.2) is 8.89 Å². The molecule has 0 amide bonds. The van der Waals surface area contributed by atoms with E-state index in [1.165, 1.54) is 0 Å². The lowest BCUT2D eigenvalue weighted by Gasteiger charge is -2.16. The number of hydrogen-bond acceptors (Lipinski definition) is 4. The largest absolute Gasteiger partial charge is 0.497 e. The lowest BCUT2D eigenvalue weighted by Crippen LogP contribution is -2.27. The molecular weight excluding hydrogens is 340 g/mol. The Morgan fingerprint density at radius 2 is 2.04 bits per heavy atom. The van der Waals surface area contributed by atoms with Crippen molar-refractivity contribution in [2.24, 2.45) is 0 Å². The van der Waals surface area contributed by atoms with Crippen LogP contribution in [0.1, 0.15) is 18.4 Å². The molecule has 1 saturated carbocycles. The fourth-order valence-electron chi connectivity index (χ4n) is 2.82. The van der Waals surface area contributed by atoms with Crippen molar-refractivity contribution in [2.45, 2.75) is 25.4 Å². The summed E-state index contributed by atoms with van der Waals surface area (Å²) in [6.07, 6.45) is 1.97. The summed E-state index contributed by atoms with van der Waals surface area (Å²) < 4.78 is 29.4. The SMILES string of the molecule is COc1ccc2c(c1)nnn2-c1ccc(CN(C2CC2)S(=O)O)cc1. The van der Waals surface area contributed by atoms with E-state index in [0.717, 1.165) is 40.9 Å². The first-order chi connectivity index (χ1) is 12.2. The smallest absolute Gasteiger partial charge is 0.235 e. The maximum absolute atomic E-state index is 11.4. The van der Waals surface area contributed by atoms with E-state index in [4.69, 9.17) is 4.74 Å². The molecule has 1 N–H and O–H groups in total. The molecule has 2 aromatic carbocycles. The second-order valence-electron chi connectivity index (χ2n) is 6.06. The molecule has 8 heteroatoms. The van der Waals surface area contributed by atoms with Crippen LogP contribution in [0.5, 0.6) is 5.75 Å². The van der Waals surface area contributed by atoms with Gasteiger partial charge in [-0.3, -0.25) is 4.55 Å². The molecule has 1 aliphatic carbocycles. The second kappa shape index (κ2) is 6.55. The average molecular weight is 358 g/mol. The van der Waals surface area contributed by atoms with Crippen molar-refractivity contribution >= 4 is 22.3 Å². The minimum Gasteiger partial charge on any atom is -0.497 e. The summed E-state index contributed by atoms with van der Waals surface area (Å²) in [5.41, 5.74) is 3.53. The van der Waals surface area contributed by atoms with Crippen molar-refractivity contribution in [3.8, 4) is 11.4 Å². The van der Waals surface area contributed by atoms with Gasteiger partial charge in [-0.2, -0.15) is 4.31 Å². The fourth-order valence-corrected chi connectivity index (χ4v) is 3.54. The Morgan fingerprint density at radius 1 is 1.28 bits per heavy atom. The number of aromatic nitrogens is 3. The predicted octanol–water partition coefficient (Wildman–Crippen LogP) is 2.53. The van der Waals surface area contributed by atoms with Gasteiger partial charge in [0.1, 0.15) is 11.3 Å². The number of benzene rings is 2. The first kappa shape index (κ1) is 16.2. The van der Waals surface area contributed by atoms with Gasteiger partial charge in [0.25, 0.3) is 0 Å². The van der Waals surface area contributed by atoms with Crippen LogP contribution < -0.4 is 4.74 Å². The molecule has 1 atom stereocenters. The van der Waals surface area contributed by atoms with Crippen LogP contribution in [0.2, 0.25) is 0 Å². The quantitative estimate of drug-likeness (QED) is 0.685. The summed E-state index contributed by atoms with van der Waals surface area (Å²) in [7, 11) is 1.62. The van der Waals surface area contributed by atoms with Crippen molar-refractivity contribution in [2.75, 3.05) is 7.11 Å². The third-order valence-electron chi connectivity index (χ3n) is 4.33. The molecule has 0 bridgehead atoms. The normalized spacial score (nSPS) is 15.6. The molecule has 130 valence electrons. The Hall–Kier alpha value is -2.29. The molecule has 1 heterocycles. The van der Waals surface area contributed by atoms with Crippen LogP contribution in [0.15, 0.2) is 42.5 Å². The van der Waals surface area contributed by atoms with Crippen LogP contribution in [0.4, 0.5) is 0 Å². The van der Waals surface area contributed by atoms with Crippen molar-refractivity contribution in [3.63, 3.8) is 0 Å². The third-order valence-corrected chi connectivity index (χ3v) is 5.16. The summed E-state index contributed by atoms with van der Waals surface area (Å²) in [5, 5.41) is 8.39. The second-order valence-corrected chi connectivity index (χ2v) is 6.99. The third kappa shape index (κ3) is 3.28. The van der Waals surface area contributed by atoms with Gasteiger partial charge in [0.15, 0.2) is 0 Å². The lowest BCUT2D eigenvalue weighted by atomic mass is 10.2. The van der Waals surface area contributed by atoms with Gasteiger partial charge in [0.05, 0.1) is 18.3 Å². The molecule has 0 spiro atoms. The van der Waals surface area contributed by atoms with E-state index in [-0.39, 0.29) is 6.04 Å². The van der Waals surface area contributed by atoms with E-state index in [2.05, 4.69) is 10.3 Å². The Balaban J connectivity index is 1.59. The summed E-state index contributed by atoms with van der Waals surface area (Å²) in [6, 6.07) is 13.7. The molecule has 0 saturated heterocycles. The van der Waals surface area contributed by atoms with Gasteiger partial charge < -0.3 is 4.74 Å². The Bertz CT molecular complexity index is 921. The highest BCUT2D eigenvalue weighted by Crippen LogP contribution is 2.29. The van der Waals surface area contributed by atoms with Crippen LogP contribution in [0.25, 0.3) is 16.7 Å². The molecule has 4 rings (SSSR count). The van der Waals surface area contributed by atoms with Crippen LogP contribution in [0.3, 0.4) is 0 Å². The van der Waals surface area contributed by atoms with Crippen molar-refractivity contribution in [3.05, 3.63) is 48.0 Å². The van der Waals surface area contributed by atoms with Crippen LogP contribution in [0, 0.1) is 0 Å². The van der Waals surface area contributed by atoms with Crippen molar-refractivity contribution < 1.29 is 13.5 Å². The Labute approximate surface area is 147 Å². The number of methoxy groups -OCH3 is 1. The number of rotatable bonds is 6. The van der Waals surface area contributed by atoms with E-state index in [0.29, 0.717) is 6.54 Å². The van der Waals surface area contributed by atoms with Crippen LogP contribution in [-0.4, -0.2) is 41.2 Å². The van der Waals surface area contributed by atoms with Crippen LogP contribution >= 0.6 is 0 Å². The highest BCUT2D eigenvalue weighted by atomic mass is 32.2. The molecule has 1 unspecified atom stereocenters. The lowest BCUT2D eigenvalue weighted by molar-refractivity contribution is 0.384. The number of fused-ring (bicyclic) bond motifs is 1. The topological polar surface area (TPSA) is 80.5 Å². The van der Waals surface area contributed by atoms with Gasteiger partial charge in [0, 0.05) is 18.7 Å². The Kier molecular flexibility index (Phi) is 4.24. The molecule has 1 aromatic heterocycles. The van der Waals surface area contributed by atoms with Crippen molar-refractivity contribution in [1.29, 1.82) is 0 Å². The van der Waals surface area contributed by atoms with E-state index in [9.17, 15) is 8.76 Å². The zero-order valence-electron chi connectivity index (χ0n) is 13.7. The highest BCUT2D eigenvalue weighted by Gasteiger charge is 2.32. The van der Waals surface area contributed by atoms with Gasteiger partial charge in [0.2, 0.25) is 11.3 Å². The standard InChI is InChI=1S/C17H18N4O3S/c1-24-15-8-9-17-16(10-15)18-19-21(17)14-4-2-12(3-5-14)11-20(25(22)23)13-6-7-13/h2-5,8-10,13H,6-7,11H2,1H3,(H,22,23). The van der Waals surface area contributed by atoms with E-state index < -0.39 is 11.3 Å². The van der Waals surface area contributed by atoms with Gasteiger partial charge >= 0.3 is 0 Å². The maximum atomic E-state index is 11.4. The number of ether oxygens (including phenoxy) is 1. The average Bonchev–Trinajstić information content (AvgIpc) is 3.38. The van der Waals surface area contributed by atoms with E-state index in [1.807, 2.05) is 42.5 Å². The minimum atomic E-state index is -1.93. The number of hydrogen-bond donors (Lipinski definition) is 1. The Morgan fingerprint density at radius 3 is 2.68 bits per heavy atom. The monoisotopic (exact) mass is 358 g/mol. The van der Waals surface area contributed by atoms with Gasteiger partial charge in [-0.1, -0.05) is 17.3 Å². The molecular formula is C17H18N4O3S. The summed E-state index contributed by atoms with van der Waals surface area (Å²) in [5.74, 6) is 0.743. The van der Waals surface area contributed by atoms with Gasteiger partial charge in [-0.15, -0.1) is 5.10 Å². The highest BCUT2D eigenvalue weighted by molar-refractivity contribution is 7.76. The minimum absolute atomic E-state index is 0.222. The van der Waals surface area contributed by atoms with E-state index in [1.54, 1.807) is 16.1 Å². The summed E-state index contributed by atoms with van der Waals surface area (Å²) in [6.45, 7) is 0.462. The molecule has 7 nitrogen and oxygen atoms in total. The molecule has 0 aliphatic heterocycles. The predicted molar refractivity (Wildman–Crippen MR) is 94.8 cm³/mol. The summed E-state index contributed by atoms with van der Waals surface area (Å²) in [4.78, 5) is 0. The fraction of sp³-hybridized carbons (Fsp3) is 0.294. The maximum Gasteiger partial charge on any atom is 0.235 e. The first-order valence-corrected chi connectivity index (χ1v) is 9.08. The molecule has 3 aromatic rings. The zero-order valence-corrected chi connectivity index (χ0v) is 14.5. The molecule has 1 aliphatic rings.